The molecule has 150 valence electrons. The molecule has 2 aromatic carbocycles. The van der Waals surface area contributed by atoms with E-state index in [0.717, 1.165) is 17.1 Å². The summed E-state index contributed by atoms with van der Waals surface area (Å²) in [7, 11) is 1.58. The van der Waals surface area contributed by atoms with E-state index < -0.39 is 0 Å². The second-order valence-corrected chi connectivity index (χ2v) is 6.70. The van der Waals surface area contributed by atoms with Gasteiger partial charge in [-0.25, -0.2) is 0 Å². The van der Waals surface area contributed by atoms with Crippen molar-refractivity contribution < 1.29 is 14.3 Å². The molecule has 0 aliphatic heterocycles. The van der Waals surface area contributed by atoms with Crippen molar-refractivity contribution in [3.63, 3.8) is 0 Å². The second kappa shape index (κ2) is 9.10. The van der Waals surface area contributed by atoms with E-state index in [0.29, 0.717) is 30.0 Å². The molecule has 0 spiro atoms. The lowest BCUT2D eigenvalue weighted by Gasteiger charge is -2.10. The van der Waals surface area contributed by atoms with E-state index in [1.165, 1.54) is 0 Å². The molecule has 3 rings (SSSR count). The van der Waals surface area contributed by atoms with E-state index in [2.05, 4.69) is 15.2 Å². The van der Waals surface area contributed by atoms with E-state index in [1.807, 2.05) is 50.2 Å². The maximum absolute atomic E-state index is 12.6. The number of methoxy groups -OCH3 is 1. The molecule has 0 saturated heterocycles. The quantitative estimate of drug-likeness (QED) is 0.607. The molecule has 29 heavy (non-hydrogen) atoms. The van der Waals surface area contributed by atoms with Gasteiger partial charge >= 0.3 is 0 Å². The summed E-state index contributed by atoms with van der Waals surface area (Å²) in [4.78, 5) is 24.7. The van der Waals surface area contributed by atoms with Crippen molar-refractivity contribution in [3.05, 3.63) is 83.2 Å². The first-order chi connectivity index (χ1) is 14.0. The van der Waals surface area contributed by atoms with Crippen molar-refractivity contribution in [3.8, 4) is 11.4 Å². The molecule has 0 fully saturated rings. The summed E-state index contributed by atoms with van der Waals surface area (Å²) in [5, 5.41) is 5.67. The van der Waals surface area contributed by atoms with Gasteiger partial charge in [0.2, 0.25) is 0 Å². The lowest BCUT2D eigenvalue weighted by atomic mass is 10.2. The molecule has 0 aliphatic carbocycles. The zero-order valence-electron chi connectivity index (χ0n) is 16.9. The van der Waals surface area contributed by atoms with Crippen molar-refractivity contribution in [2.45, 2.75) is 13.8 Å². The van der Waals surface area contributed by atoms with Crippen LogP contribution >= 0.6 is 0 Å². The van der Waals surface area contributed by atoms with Gasteiger partial charge in [-0.2, -0.15) is 0 Å². The van der Waals surface area contributed by atoms with E-state index >= 15 is 0 Å². The number of nitrogens with one attached hydrogen (secondary N) is 2. The molecule has 0 unspecified atom stereocenters. The number of amides is 2. The van der Waals surface area contributed by atoms with Crippen LogP contribution in [0.2, 0.25) is 0 Å². The number of ether oxygens (including phenoxy) is 1. The van der Waals surface area contributed by atoms with Crippen LogP contribution in [0.15, 0.2) is 60.7 Å². The Labute approximate surface area is 170 Å². The van der Waals surface area contributed by atoms with Crippen molar-refractivity contribution >= 4 is 11.8 Å². The van der Waals surface area contributed by atoms with Gasteiger partial charge in [0.1, 0.15) is 5.75 Å². The van der Waals surface area contributed by atoms with E-state index in [4.69, 9.17) is 4.74 Å². The highest BCUT2D eigenvalue weighted by molar-refractivity contribution is 5.96. The normalized spacial score (nSPS) is 10.4. The Balaban J connectivity index is 1.55. The monoisotopic (exact) mass is 391 g/mol. The summed E-state index contributed by atoms with van der Waals surface area (Å²) in [6.45, 7) is 4.59. The highest BCUT2D eigenvalue weighted by atomic mass is 16.5. The van der Waals surface area contributed by atoms with Gasteiger partial charge in [0.25, 0.3) is 11.8 Å². The van der Waals surface area contributed by atoms with Gasteiger partial charge in [-0.05, 0) is 56.3 Å². The maximum atomic E-state index is 12.6. The van der Waals surface area contributed by atoms with Gasteiger partial charge in [-0.15, -0.1) is 0 Å². The Morgan fingerprint density at radius 1 is 0.897 bits per heavy atom. The Morgan fingerprint density at radius 2 is 1.52 bits per heavy atom. The summed E-state index contributed by atoms with van der Waals surface area (Å²) in [5.74, 6) is 0.352. The van der Waals surface area contributed by atoms with Crippen molar-refractivity contribution in [2.24, 2.45) is 0 Å². The summed E-state index contributed by atoms with van der Waals surface area (Å²) < 4.78 is 7.14. The number of rotatable bonds is 7. The third-order valence-corrected chi connectivity index (χ3v) is 4.74. The molecular weight excluding hydrogens is 366 g/mol. The number of aromatic nitrogens is 1. The smallest absolute Gasteiger partial charge is 0.253 e. The second-order valence-electron chi connectivity index (χ2n) is 6.70. The molecule has 0 atom stereocenters. The molecule has 2 N–H and O–H groups in total. The minimum Gasteiger partial charge on any atom is -0.497 e. The molecular formula is C23H25N3O3. The molecule has 6 nitrogen and oxygen atoms in total. The van der Waals surface area contributed by atoms with Crippen LogP contribution in [-0.2, 0) is 0 Å². The zero-order valence-corrected chi connectivity index (χ0v) is 16.9. The lowest BCUT2D eigenvalue weighted by Crippen LogP contribution is -2.34. The predicted molar refractivity (Wildman–Crippen MR) is 113 cm³/mol. The van der Waals surface area contributed by atoms with Gasteiger partial charge in [0.15, 0.2) is 0 Å². The van der Waals surface area contributed by atoms with E-state index in [1.54, 1.807) is 31.4 Å². The number of hydrogen-bond acceptors (Lipinski definition) is 3. The minimum absolute atomic E-state index is 0.154. The number of para-hydroxylation sites is 1. The molecule has 0 saturated carbocycles. The predicted octanol–water partition coefficient (Wildman–Crippen LogP) is 3.26. The number of hydrogen-bond donors (Lipinski definition) is 2. The van der Waals surface area contributed by atoms with Crippen LogP contribution in [0.4, 0.5) is 0 Å². The van der Waals surface area contributed by atoms with Crippen LogP contribution in [0.25, 0.3) is 5.69 Å². The molecule has 1 aromatic heterocycles. The Kier molecular flexibility index (Phi) is 6.34. The number of benzene rings is 2. The number of aryl methyl sites for hydroxylation is 1. The van der Waals surface area contributed by atoms with E-state index in [9.17, 15) is 9.59 Å². The fourth-order valence-electron chi connectivity index (χ4n) is 3.26. The van der Waals surface area contributed by atoms with Crippen LogP contribution in [0.5, 0.6) is 5.75 Å². The van der Waals surface area contributed by atoms with Crippen LogP contribution in [0.3, 0.4) is 0 Å². The van der Waals surface area contributed by atoms with Crippen LogP contribution < -0.4 is 15.4 Å². The average molecular weight is 391 g/mol. The minimum atomic E-state index is -0.191. The molecule has 0 radical (unpaired) electrons. The average Bonchev–Trinajstić information content (AvgIpc) is 3.05. The summed E-state index contributed by atoms with van der Waals surface area (Å²) >= 11 is 0. The number of nitrogens with zero attached hydrogens (tertiary/aromatic N) is 1. The number of carbonyl (C=O) groups excluding carboxylic acids is 2. The first kappa shape index (κ1) is 20.2. The largest absolute Gasteiger partial charge is 0.497 e. The van der Waals surface area contributed by atoms with Gasteiger partial charge < -0.3 is 19.9 Å². The molecule has 6 heteroatoms. The van der Waals surface area contributed by atoms with Gasteiger partial charge in [0.05, 0.1) is 12.7 Å². The highest BCUT2D eigenvalue weighted by Gasteiger charge is 2.16. The van der Waals surface area contributed by atoms with E-state index in [-0.39, 0.29) is 11.8 Å². The van der Waals surface area contributed by atoms with Gasteiger partial charge in [-0.1, -0.05) is 18.2 Å². The Hall–Kier alpha value is -3.54. The fourth-order valence-corrected chi connectivity index (χ4v) is 3.26. The van der Waals surface area contributed by atoms with Gasteiger partial charge in [-0.3, -0.25) is 9.59 Å². The van der Waals surface area contributed by atoms with Crippen LogP contribution in [0, 0.1) is 13.8 Å². The molecule has 1 heterocycles. The molecule has 3 aromatic rings. The van der Waals surface area contributed by atoms with Crippen molar-refractivity contribution in [1.29, 1.82) is 0 Å². The zero-order chi connectivity index (χ0) is 20.8. The third-order valence-electron chi connectivity index (χ3n) is 4.74. The first-order valence-electron chi connectivity index (χ1n) is 9.46. The summed E-state index contributed by atoms with van der Waals surface area (Å²) in [5.41, 5.74) is 4.07. The highest BCUT2D eigenvalue weighted by Crippen LogP contribution is 2.20. The summed E-state index contributed by atoms with van der Waals surface area (Å²) in [6.07, 6.45) is 0. The topological polar surface area (TPSA) is 72.4 Å². The third kappa shape index (κ3) is 4.66. The maximum Gasteiger partial charge on any atom is 0.253 e. The van der Waals surface area contributed by atoms with Gasteiger partial charge in [0, 0.05) is 35.7 Å². The number of carbonyl (C=O) groups is 2. The molecule has 0 bridgehead atoms. The lowest BCUT2D eigenvalue weighted by molar-refractivity contribution is 0.0927. The molecule has 0 aliphatic rings. The fraction of sp³-hybridized carbons (Fsp3) is 0.217. The molecule has 2 amide bonds. The van der Waals surface area contributed by atoms with Crippen LogP contribution in [0.1, 0.15) is 32.1 Å². The summed E-state index contributed by atoms with van der Waals surface area (Å²) in [6, 6.07) is 18.7. The Bertz CT molecular complexity index is 992. The van der Waals surface area contributed by atoms with Crippen LogP contribution in [-0.4, -0.2) is 36.6 Å². The standard InChI is InChI=1S/C23H25N3O3/c1-16-15-21(17(2)26(16)19-7-5-4-6-8-19)23(28)25-14-13-24-22(27)18-9-11-20(29-3)12-10-18/h4-12,15H,13-14H2,1-3H3,(H,24,27)(H,25,28). The SMILES string of the molecule is COc1ccc(C(=O)NCCNC(=O)c2cc(C)n(-c3ccccc3)c2C)cc1. The van der Waals surface area contributed by atoms with Crippen molar-refractivity contribution in [2.75, 3.05) is 20.2 Å². The Morgan fingerprint density at radius 3 is 2.14 bits per heavy atom. The first-order valence-corrected chi connectivity index (χ1v) is 9.46. The van der Waals surface area contributed by atoms with Crippen molar-refractivity contribution in [1.82, 2.24) is 15.2 Å².